The first kappa shape index (κ1) is 16.6. The number of carboxylic acids is 1. The molecule has 6 heteroatoms. The van der Waals surface area contributed by atoms with E-state index < -0.39 is 29.0 Å². The molecule has 0 amide bonds. The number of carboxylic acid groups (broad SMARTS) is 1. The van der Waals surface area contributed by atoms with Crippen molar-refractivity contribution in [3.63, 3.8) is 0 Å². The molecule has 1 unspecified atom stereocenters. The number of rotatable bonds is 4. The molecule has 25 heavy (non-hydrogen) atoms. The Labute approximate surface area is 142 Å². The SMILES string of the molecule is Cc1ccc2oc(=O)c(C(C(=O)O)C(=O)c3ccccc3C)nc2c1. The highest BCUT2D eigenvalue weighted by atomic mass is 16.4. The number of benzene rings is 2. The van der Waals surface area contributed by atoms with Gasteiger partial charge in [0.05, 0.1) is 0 Å². The molecule has 0 radical (unpaired) electrons. The molecular weight excluding hydrogens is 322 g/mol. The van der Waals surface area contributed by atoms with Crippen molar-refractivity contribution in [1.82, 2.24) is 4.98 Å². The van der Waals surface area contributed by atoms with E-state index in [2.05, 4.69) is 4.98 Å². The van der Waals surface area contributed by atoms with Crippen LogP contribution in [0.3, 0.4) is 0 Å². The van der Waals surface area contributed by atoms with Crippen LogP contribution in [0.1, 0.15) is 33.1 Å². The Balaban J connectivity index is 2.19. The molecule has 6 nitrogen and oxygen atoms in total. The van der Waals surface area contributed by atoms with Crippen LogP contribution in [0.5, 0.6) is 0 Å². The molecule has 0 saturated carbocycles. The molecule has 1 heterocycles. The third-order valence-electron chi connectivity index (χ3n) is 3.96. The lowest BCUT2D eigenvalue weighted by Crippen LogP contribution is -2.28. The fourth-order valence-electron chi connectivity index (χ4n) is 2.67. The van der Waals surface area contributed by atoms with E-state index in [1.807, 2.05) is 6.92 Å². The first-order valence-corrected chi connectivity index (χ1v) is 7.62. The maximum Gasteiger partial charge on any atom is 0.359 e. The second-order valence-electron chi connectivity index (χ2n) is 5.81. The summed E-state index contributed by atoms with van der Waals surface area (Å²) in [5.41, 5.74) is 0.965. The quantitative estimate of drug-likeness (QED) is 0.581. The molecule has 0 bridgehead atoms. The number of nitrogens with zero attached hydrogens (tertiary/aromatic N) is 1. The van der Waals surface area contributed by atoms with E-state index >= 15 is 0 Å². The van der Waals surface area contributed by atoms with Gasteiger partial charge in [-0.3, -0.25) is 9.59 Å². The summed E-state index contributed by atoms with van der Waals surface area (Å²) in [6.07, 6.45) is 0. The van der Waals surface area contributed by atoms with Gasteiger partial charge in [-0.25, -0.2) is 9.78 Å². The van der Waals surface area contributed by atoms with Crippen LogP contribution in [0, 0.1) is 13.8 Å². The molecule has 0 aliphatic rings. The number of aryl methyl sites for hydroxylation is 2. The van der Waals surface area contributed by atoms with Gasteiger partial charge in [0.2, 0.25) is 0 Å². The van der Waals surface area contributed by atoms with Crippen LogP contribution in [-0.2, 0) is 4.79 Å². The highest BCUT2D eigenvalue weighted by Gasteiger charge is 2.34. The van der Waals surface area contributed by atoms with E-state index in [9.17, 15) is 19.5 Å². The van der Waals surface area contributed by atoms with Gasteiger partial charge in [0.25, 0.3) is 0 Å². The van der Waals surface area contributed by atoms with Gasteiger partial charge < -0.3 is 9.52 Å². The Morgan fingerprint density at radius 3 is 2.52 bits per heavy atom. The van der Waals surface area contributed by atoms with Crippen LogP contribution in [0.4, 0.5) is 0 Å². The van der Waals surface area contributed by atoms with Crippen molar-refractivity contribution >= 4 is 22.9 Å². The topological polar surface area (TPSA) is 97.5 Å². The monoisotopic (exact) mass is 337 g/mol. The zero-order chi connectivity index (χ0) is 18.1. The van der Waals surface area contributed by atoms with Crippen molar-refractivity contribution in [2.75, 3.05) is 0 Å². The maximum absolute atomic E-state index is 12.8. The highest BCUT2D eigenvalue weighted by molar-refractivity contribution is 6.12. The third-order valence-corrected chi connectivity index (χ3v) is 3.96. The normalized spacial score (nSPS) is 12.1. The van der Waals surface area contributed by atoms with E-state index in [1.54, 1.807) is 43.3 Å². The molecule has 126 valence electrons. The molecule has 3 aromatic rings. The average Bonchev–Trinajstić information content (AvgIpc) is 2.56. The van der Waals surface area contributed by atoms with Gasteiger partial charge in [0.15, 0.2) is 17.3 Å². The Morgan fingerprint density at radius 2 is 1.84 bits per heavy atom. The van der Waals surface area contributed by atoms with Crippen LogP contribution in [0.25, 0.3) is 11.1 Å². The molecule has 3 rings (SSSR count). The maximum atomic E-state index is 12.8. The van der Waals surface area contributed by atoms with Gasteiger partial charge in [-0.1, -0.05) is 30.3 Å². The third kappa shape index (κ3) is 3.06. The number of aliphatic carboxylic acids is 1. The van der Waals surface area contributed by atoms with E-state index in [0.717, 1.165) is 5.56 Å². The zero-order valence-corrected chi connectivity index (χ0v) is 13.6. The first-order chi connectivity index (χ1) is 11.9. The molecular formula is C19H15NO5. The molecule has 1 aromatic heterocycles. The fourth-order valence-corrected chi connectivity index (χ4v) is 2.67. The Bertz CT molecular complexity index is 1050. The van der Waals surface area contributed by atoms with Crippen molar-refractivity contribution in [2.45, 2.75) is 19.8 Å². The van der Waals surface area contributed by atoms with Crippen molar-refractivity contribution in [3.8, 4) is 0 Å². The minimum absolute atomic E-state index is 0.237. The van der Waals surface area contributed by atoms with Gasteiger partial charge in [0.1, 0.15) is 11.2 Å². The van der Waals surface area contributed by atoms with E-state index in [1.165, 1.54) is 6.07 Å². The summed E-state index contributed by atoms with van der Waals surface area (Å²) in [6.45, 7) is 3.53. The fraction of sp³-hybridized carbons (Fsp3) is 0.158. The van der Waals surface area contributed by atoms with Crippen molar-refractivity contribution in [1.29, 1.82) is 0 Å². The lowest BCUT2D eigenvalue weighted by molar-refractivity contribution is -0.137. The molecule has 0 spiro atoms. The largest absolute Gasteiger partial charge is 0.480 e. The van der Waals surface area contributed by atoms with Gasteiger partial charge in [0, 0.05) is 5.56 Å². The van der Waals surface area contributed by atoms with Gasteiger partial charge in [-0.15, -0.1) is 0 Å². The van der Waals surface area contributed by atoms with Crippen molar-refractivity contribution in [2.24, 2.45) is 0 Å². The number of aromatic nitrogens is 1. The number of carbonyl (C=O) groups is 2. The molecule has 0 aliphatic carbocycles. The summed E-state index contributed by atoms with van der Waals surface area (Å²) in [5.74, 6) is -3.86. The number of carbonyl (C=O) groups excluding carboxylic acids is 1. The number of Topliss-reactive ketones (excluding diaryl/α,β-unsaturated/α-hetero) is 1. The number of fused-ring (bicyclic) bond motifs is 1. The average molecular weight is 337 g/mol. The predicted octanol–water partition coefficient (Wildman–Crippen LogP) is 2.86. The summed E-state index contributed by atoms with van der Waals surface area (Å²) in [5, 5.41) is 9.56. The summed E-state index contributed by atoms with van der Waals surface area (Å²) in [6, 6.07) is 11.6. The van der Waals surface area contributed by atoms with E-state index in [4.69, 9.17) is 4.42 Å². The summed E-state index contributed by atoms with van der Waals surface area (Å²) >= 11 is 0. The highest BCUT2D eigenvalue weighted by Crippen LogP contribution is 2.22. The van der Waals surface area contributed by atoms with E-state index in [0.29, 0.717) is 11.1 Å². The van der Waals surface area contributed by atoms with Crippen molar-refractivity contribution in [3.05, 3.63) is 75.3 Å². The van der Waals surface area contributed by atoms with Gasteiger partial charge in [-0.2, -0.15) is 0 Å². The number of hydrogen-bond acceptors (Lipinski definition) is 5. The molecule has 0 fully saturated rings. The molecule has 1 N–H and O–H groups in total. The summed E-state index contributed by atoms with van der Waals surface area (Å²) in [7, 11) is 0. The number of ketones is 1. The Hall–Kier alpha value is -3.28. The minimum Gasteiger partial charge on any atom is -0.480 e. The second-order valence-corrected chi connectivity index (χ2v) is 5.81. The van der Waals surface area contributed by atoms with Crippen LogP contribution in [-0.4, -0.2) is 21.8 Å². The van der Waals surface area contributed by atoms with Gasteiger partial charge >= 0.3 is 11.6 Å². The summed E-state index contributed by atoms with van der Waals surface area (Å²) < 4.78 is 5.16. The molecule has 1 atom stereocenters. The Kier molecular flexibility index (Phi) is 4.19. The summed E-state index contributed by atoms with van der Waals surface area (Å²) in [4.78, 5) is 40.9. The lowest BCUT2D eigenvalue weighted by atomic mass is 9.92. The van der Waals surface area contributed by atoms with Gasteiger partial charge in [-0.05, 0) is 37.1 Å². The standard InChI is InChI=1S/C19H15NO5/c1-10-7-8-14-13(9-10)20-16(19(24)25-14)15(18(22)23)17(21)12-6-4-3-5-11(12)2/h3-9,15H,1-2H3,(H,22,23). The smallest absolute Gasteiger partial charge is 0.359 e. The van der Waals surface area contributed by atoms with Crippen LogP contribution >= 0.6 is 0 Å². The first-order valence-electron chi connectivity index (χ1n) is 7.62. The van der Waals surface area contributed by atoms with Crippen LogP contribution < -0.4 is 5.63 Å². The number of hydrogen-bond donors (Lipinski definition) is 1. The van der Waals surface area contributed by atoms with Crippen LogP contribution in [0.2, 0.25) is 0 Å². The molecule has 2 aromatic carbocycles. The lowest BCUT2D eigenvalue weighted by Gasteiger charge is -2.12. The van der Waals surface area contributed by atoms with Crippen LogP contribution in [0.15, 0.2) is 51.7 Å². The molecule has 0 aliphatic heterocycles. The second kappa shape index (κ2) is 6.32. The predicted molar refractivity (Wildman–Crippen MR) is 90.9 cm³/mol. The van der Waals surface area contributed by atoms with Crippen molar-refractivity contribution < 1.29 is 19.1 Å². The zero-order valence-electron chi connectivity index (χ0n) is 13.6. The van der Waals surface area contributed by atoms with E-state index in [-0.39, 0.29) is 11.1 Å². The minimum atomic E-state index is -1.72. The Morgan fingerprint density at radius 1 is 1.12 bits per heavy atom. The molecule has 0 saturated heterocycles.